The van der Waals surface area contributed by atoms with E-state index in [9.17, 15) is 4.79 Å². The fourth-order valence-corrected chi connectivity index (χ4v) is 2.64. The Bertz CT molecular complexity index is 817. The minimum absolute atomic E-state index is 0.215. The van der Waals surface area contributed by atoms with E-state index in [0.717, 1.165) is 12.8 Å². The molecule has 0 atom stereocenters. The maximum atomic E-state index is 12.4. The van der Waals surface area contributed by atoms with Crippen molar-refractivity contribution in [3.05, 3.63) is 77.1 Å². The van der Waals surface area contributed by atoms with E-state index in [1.54, 1.807) is 12.1 Å². The van der Waals surface area contributed by atoms with Gasteiger partial charge < -0.3 is 5.32 Å². The summed E-state index contributed by atoms with van der Waals surface area (Å²) in [5.41, 5.74) is 2.25. The average molecular weight is 341 g/mol. The predicted molar refractivity (Wildman–Crippen MR) is 93.5 cm³/mol. The Morgan fingerprint density at radius 2 is 1.83 bits per heavy atom. The van der Waals surface area contributed by atoms with Gasteiger partial charge in [-0.25, -0.2) is 4.68 Å². The first-order valence-corrected chi connectivity index (χ1v) is 8.11. The van der Waals surface area contributed by atoms with Crippen molar-refractivity contribution in [2.45, 2.75) is 12.8 Å². The van der Waals surface area contributed by atoms with Gasteiger partial charge in [-0.3, -0.25) is 4.79 Å². The number of benzene rings is 2. The number of nitrogens with one attached hydrogen (secondary N) is 1. The summed E-state index contributed by atoms with van der Waals surface area (Å²) in [6.45, 7) is 0.585. The van der Waals surface area contributed by atoms with Gasteiger partial charge in [0.15, 0.2) is 5.69 Å². The second-order valence-electron chi connectivity index (χ2n) is 5.33. The summed E-state index contributed by atoms with van der Waals surface area (Å²) in [6, 6.07) is 17.4. The molecule has 0 aliphatic rings. The SMILES string of the molecule is O=C(NCCCc1ccccc1)c1cnnn1-c1ccccc1Cl. The van der Waals surface area contributed by atoms with E-state index in [-0.39, 0.29) is 5.91 Å². The molecule has 0 saturated heterocycles. The standard InChI is InChI=1S/C18H17ClN4O/c19-15-10-4-5-11-16(15)23-17(13-21-22-23)18(24)20-12-6-9-14-7-2-1-3-8-14/h1-5,7-8,10-11,13H,6,9,12H2,(H,20,24). The van der Waals surface area contributed by atoms with E-state index >= 15 is 0 Å². The van der Waals surface area contributed by atoms with Gasteiger partial charge >= 0.3 is 0 Å². The van der Waals surface area contributed by atoms with Crippen molar-refractivity contribution in [1.29, 1.82) is 0 Å². The molecule has 0 fully saturated rings. The van der Waals surface area contributed by atoms with Gasteiger partial charge in [0.2, 0.25) is 0 Å². The number of rotatable bonds is 6. The molecule has 3 rings (SSSR count). The summed E-state index contributed by atoms with van der Waals surface area (Å²) in [5.74, 6) is -0.215. The van der Waals surface area contributed by atoms with Gasteiger partial charge in [0.05, 0.1) is 16.9 Å². The Hall–Kier alpha value is -2.66. The van der Waals surface area contributed by atoms with E-state index in [4.69, 9.17) is 11.6 Å². The second kappa shape index (κ2) is 7.75. The molecule has 3 aromatic rings. The van der Waals surface area contributed by atoms with E-state index in [2.05, 4.69) is 27.8 Å². The van der Waals surface area contributed by atoms with Crippen LogP contribution in [0.3, 0.4) is 0 Å². The fraction of sp³-hybridized carbons (Fsp3) is 0.167. The summed E-state index contributed by atoms with van der Waals surface area (Å²) in [5, 5.41) is 11.2. The molecule has 1 N–H and O–H groups in total. The Balaban J connectivity index is 1.60. The zero-order chi connectivity index (χ0) is 16.8. The molecule has 2 aromatic carbocycles. The van der Waals surface area contributed by atoms with E-state index in [1.165, 1.54) is 16.4 Å². The molecule has 6 heteroatoms. The summed E-state index contributed by atoms with van der Waals surface area (Å²) in [7, 11) is 0. The van der Waals surface area contributed by atoms with Crippen LogP contribution in [0, 0.1) is 0 Å². The maximum Gasteiger partial charge on any atom is 0.271 e. The molecule has 1 heterocycles. The first-order chi connectivity index (χ1) is 11.8. The maximum absolute atomic E-state index is 12.4. The van der Waals surface area contributed by atoms with Crippen LogP contribution in [0.15, 0.2) is 60.8 Å². The first kappa shape index (κ1) is 16.2. The molecule has 24 heavy (non-hydrogen) atoms. The van der Waals surface area contributed by atoms with Gasteiger partial charge in [0.1, 0.15) is 0 Å². The number of carbonyl (C=O) groups excluding carboxylic acids is 1. The van der Waals surface area contributed by atoms with Crippen molar-refractivity contribution in [3.8, 4) is 5.69 Å². The number of nitrogens with zero attached hydrogens (tertiary/aromatic N) is 3. The van der Waals surface area contributed by atoms with Gasteiger partial charge in [-0.2, -0.15) is 0 Å². The zero-order valence-corrected chi connectivity index (χ0v) is 13.8. The first-order valence-electron chi connectivity index (χ1n) is 7.73. The van der Waals surface area contributed by atoms with Crippen LogP contribution in [0.1, 0.15) is 22.5 Å². The molecule has 0 unspecified atom stereocenters. The Labute approximate surface area is 145 Å². The number of carbonyl (C=O) groups is 1. The van der Waals surface area contributed by atoms with Crippen molar-refractivity contribution in [2.75, 3.05) is 6.54 Å². The third-order valence-electron chi connectivity index (χ3n) is 3.63. The largest absolute Gasteiger partial charge is 0.351 e. The monoisotopic (exact) mass is 340 g/mol. The number of amides is 1. The van der Waals surface area contributed by atoms with Gasteiger partial charge in [0, 0.05) is 6.54 Å². The topological polar surface area (TPSA) is 59.8 Å². The molecule has 0 saturated carbocycles. The van der Waals surface area contributed by atoms with Crippen LogP contribution in [-0.4, -0.2) is 27.4 Å². The number of hydrogen-bond donors (Lipinski definition) is 1. The highest BCUT2D eigenvalue weighted by Gasteiger charge is 2.15. The number of hydrogen-bond acceptors (Lipinski definition) is 3. The molecular weight excluding hydrogens is 324 g/mol. The highest BCUT2D eigenvalue weighted by atomic mass is 35.5. The minimum atomic E-state index is -0.215. The lowest BCUT2D eigenvalue weighted by Gasteiger charge is -2.08. The van der Waals surface area contributed by atoms with Crippen LogP contribution in [0.2, 0.25) is 5.02 Å². The van der Waals surface area contributed by atoms with Crippen molar-refractivity contribution in [3.63, 3.8) is 0 Å². The zero-order valence-electron chi connectivity index (χ0n) is 13.0. The van der Waals surface area contributed by atoms with Crippen LogP contribution in [0.5, 0.6) is 0 Å². The molecule has 1 amide bonds. The summed E-state index contributed by atoms with van der Waals surface area (Å²) < 4.78 is 1.45. The smallest absolute Gasteiger partial charge is 0.271 e. The van der Waals surface area contributed by atoms with Crippen molar-refractivity contribution < 1.29 is 4.79 Å². The summed E-state index contributed by atoms with van der Waals surface area (Å²) in [4.78, 5) is 12.4. The van der Waals surface area contributed by atoms with Crippen molar-refractivity contribution in [2.24, 2.45) is 0 Å². The molecule has 0 radical (unpaired) electrons. The number of aryl methyl sites for hydroxylation is 1. The third-order valence-corrected chi connectivity index (χ3v) is 3.95. The lowest BCUT2D eigenvalue weighted by Crippen LogP contribution is -2.27. The van der Waals surface area contributed by atoms with Gasteiger partial charge in [-0.05, 0) is 30.5 Å². The molecular formula is C18H17ClN4O. The molecule has 1 aromatic heterocycles. The number of para-hydroxylation sites is 1. The average Bonchev–Trinajstić information content (AvgIpc) is 3.09. The van der Waals surface area contributed by atoms with Crippen LogP contribution < -0.4 is 5.32 Å². The van der Waals surface area contributed by atoms with E-state index < -0.39 is 0 Å². The fourth-order valence-electron chi connectivity index (χ4n) is 2.42. The molecule has 0 aliphatic heterocycles. The van der Waals surface area contributed by atoms with Gasteiger partial charge in [-0.1, -0.05) is 59.3 Å². The molecule has 0 aliphatic carbocycles. The minimum Gasteiger partial charge on any atom is -0.351 e. The Morgan fingerprint density at radius 1 is 1.08 bits per heavy atom. The molecule has 0 spiro atoms. The summed E-state index contributed by atoms with van der Waals surface area (Å²) >= 11 is 6.17. The Morgan fingerprint density at radius 3 is 2.62 bits per heavy atom. The molecule has 5 nitrogen and oxygen atoms in total. The second-order valence-corrected chi connectivity index (χ2v) is 5.73. The Kier molecular flexibility index (Phi) is 5.23. The van der Waals surface area contributed by atoms with Crippen molar-refractivity contribution in [1.82, 2.24) is 20.3 Å². The number of aromatic nitrogens is 3. The third kappa shape index (κ3) is 3.81. The molecule has 0 bridgehead atoms. The highest BCUT2D eigenvalue weighted by Crippen LogP contribution is 2.20. The summed E-state index contributed by atoms with van der Waals surface area (Å²) in [6.07, 6.45) is 3.22. The van der Waals surface area contributed by atoms with E-state index in [0.29, 0.717) is 22.9 Å². The van der Waals surface area contributed by atoms with Crippen LogP contribution in [0.25, 0.3) is 5.69 Å². The predicted octanol–water partition coefficient (Wildman–Crippen LogP) is 3.28. The van der Waals surface area contributed by atoms with Crippen molar-refractivity contribution >= 4 is 17.5 Å². The lowest BCUT2D eigenvalue weighted by molar-refractivity contribution is 0.0945. The highest BCUT2D eigenvalue weighted by molar-refractivity contribution is 6.32. The normalized spacial score (nSPS) is 10.5. The van der Waals surface area contributed by atoms with Crippen LogP contribution in [-0.2, 0) is 6.42 Å². The van der Waals surface area contributed by atoms with Crippen LogP contribution >= 0.6 is 11.6 Å². The van der Waals surface area contributed by atoms with Crippen LogP contribution in [0.4, 0.5) is 0 Å². The quantitative estimate of drug-likeness (QED) is 0.700. The van der Waals surface area contributed by atoms with E-state index in [1.807, 2.05) is 30.3 Å². The van der Waals surface area contributed by atoms with Gasteiger partial charge in [-0.15, -0.1) is 5.10 Å². The number of halogens is 1. The van der Waals surface area contributed by atoms with Gasteiger partial charge in [0.25, 0.3) is 5.91 Å². The lowest BCUT2D eigenvalue weighted by atomic mass is 10.1. The molecule has 122 valence electrons.